The van der Waals surface area contributed by atoms with Gasteiger partial charge in [-0.15, -0.1) is 0 Å². The molecule has 0 unspecified atom stereocenters. The highest BCUT2D eigenvalue weighted by Gasteiger charge is 2.34. The largest absolute Gasteiger partial charge is 0.381 e. The van der Waals surface area contributed by atoms with Crippen LogP contribution >= 0.6 is 0 Å². The predicted molar refractivity (Wildman–Crippen MR) is 93.9 cm³/mol. The van der Waals surface area contributed by atoms with Gasteiger partial charge in [-0.1, -0.05) is 0 Å². The maximum Gasteiger partial charge on any atom is 0.0628 e. The molecule has 0 atom stereocenters. The van der Waals surface area contributed by atoms with Gasteiger partial charge >= 0.3 is 0 Å². The molecule has 0 aromatic heterocycles. The summed E-state index contributed by atoms with van der Waals surface area (Å²) in [7, 11) is 1.80. The van der Waals surface area contributed by atoms with Gasteiger partial charge in [0.1, 0.15) is 0 Å². The molecule has 0 aromatic carbocycles. The Balaban J connectivity index is 1.68. The van der Waals surface area contributed by atoms with Crippen molar-refractivity contribution in [2.45, 2.75) is 103 Å². The van der Waals surface area contributed by atoms with Crippen LogP contribution in [0.15, 0.2) is 0 Å². The van der Waals surface area contributed by atoms with Crippen LogP contribution in [0.1, 0.15) is 66.2 Å². The van der Waals surface area contributed by atoms with Crippen LogP contribution < -0.4 is 0 Å². The average molecular weight is 328 g/mol. The quantitative estimate of drug-likeness (QED) is 0.647. The van der Waals surface area contributed by atoms with E-state index in [0.717, 1.165) is 26.0 Å². The lowest BCUT2D eigenvalue weighted by atomic mass is 9.88. The van der Waals surface area contributed by atoms with E-state index in [0.29, 0.717) is 36.5 Å². The third-order valence-corrected chi connectivity index (χ3v) is 5.35. The zero-order valence-corrected chi connectivity index (χ0v) is 15.8. The molecule has 0 heterocycles. The Morgan fingerprint density at radius 3 is 2.09 bits per heavy atom. The van der Waals surface area contributed by atoms with Gasteiger partial charge in [0.25, 0.3) is 0 Å². The van der Waals surface area contributed by atoms with Gasteiger partial charge in [0.2, 0.25) is 0 Å². The zero-order valence-electron chi connectivity index (χ0n) is 15.8. The minimum absolute atomic E-state index is 0.326. The van der Waals surface area contributed by atoms with E-state index in [9.17, 15) is 0 Å². The molecule has 0 spiro atoms. The number of ether oxygens (including phenoxy) is 3. The van der Waals surface area contributed by atoms with Crippen molar-refractivity contribution in [1.82, 2.24) is 4.90 Å². The second-order valence-electron chi connectivity index (χ2n) is 7.77. The Morgan fingerprint density at radius 1 is 0.913 bits per heavy atom. The van der Waals surface area contributed by atoms with Crippen LogP contribution in [0.4, 0.5) is 0 Å². The summed E-state index contributed by atoms with van der Waals surface area (Å²) in [5.74, 6) is 0. The Labute approximate surface area is 142 Å². The van der Waals surface area contributed by atoms with Crippen molar-refractivity contribution in [2.75, 3.05) is 20.3 Å². The lowest BCUT2D eigenvalue weighted by Gasteiger charge is -2.42. The fourth-order valence-corrected chi connectivity index (χ4v) is 3.86. The number of rotatable bonds is 9. The molecule has 0 amide bonds. The van der Waals surface area contributed by atoms with Crippen molar-refractivity contribution < 1.29 is 14.2 Å². The molecule has 0 radical (unpaired) electrons. The topological polar surface area (TPSA) is 30.9 Å². The van der Waals surface area contributed by atoms with Crippen LogP contribution in [-0.4, -0.2) is 61.7 Å². The van der Waals surface area contributed by atoms with Gasteiger partial charge in [-0.25, -0.2) is 0 Å². The van der Waals surface area contributed by atoms with E-state index in [2.05, 4.69) is 32.6 Å². The maximum atomic E-state index is 6.24. The molecule has 0 N–H and O–H groups in total. The smallest absolute Gasteiger partial charge is 0.0628 e. The second kappa shape index (κ2) is 9.36. The van der Waals surface area contributed by atoms with E-state index >= 15 is 0 Å². The summed E-state index contributed by atoms with van der Waals surface area (Å²) in [4.78, 5) is 2.63. The van der Waals surface area contributed by atoms with E-state index in [1.165, 1.54) is 25.7 Å². The number of methoxy groups -OCH3 is 1. The maximum absolute atomic E-state index is 6.24. The van der Waals surface area contributed by atoms with Crippen molar-refractivity contribution in [3.8, 4) is 0 Å². The number of hydrogen-bond donors (Lipinski definition) is 0. The Kier molecular flexibility index (Phi) is 7.80. The fraction of sp³-hybridized carbons (Fsp3) is 1.00. The monoisotopic (exact) mass is 327 g/mol. The summed E-state index contributed by atoms with van der Waals surface area (Å²) in [6, 6.07) is 1.28. The summed E-state index contributed by atoms with van der Waals surface area (Å²) in [5.41, 5.74) is 0. The minimum Gasteiger partial charge on any atom is -0.381 e. The summed E-state index contributed by atoms with van der Waals surface area (Å²) >= 11 is 0. The first-order chi connectivity index (χ1) is 11.0. The third-order valence-electron chi connectivity index (χ3n) is 5.35. The summed E-state index contributed by atoms with van der Waals surface area (Å²) in [5, 5.41) is 0. The third kappa shape index (κ3) is 6.00. The van der Waals surface area contributed by atoms with Crippen molar-refractivity contribution in [3.05, 3.63) is 0 Å². The predicted octanol–water partition coefficient (Wildman–Crippen LogP) is 3.63. The average Bonchev–Trinajstić information content (AvgIpc) is 2.47. The fourth-order valence-electron chi connectivity index (χ4n) is 3.86. The van der Waals surface area contributed by atoms with Crippen LogP contribution in [0.25, 0.3) is 0 Å². The summed E-state index contributed by atoms with van der Waals surface area (Å²) in [6.45, 7) is 10.7. The standard InChI is InChI=1S/C19H37NO3/c1-14(2)20(10-11-22-15(3)4)16-6-8-17(9-7-16)23-19-12-18(13-19)21-5/h14-19H,6-13H2,1-5H3. The summed E-state index contributed by atoms with van der Waals surface area (Å²) in [6.07, 6.45) is 8.76. The molecule has 2 aliphatic carbocycles. The van der Waals surface area contributed by atoms with E-state index in [-0.39, 0.29) is 0 Å². The SMILES string of the molecule is COC1CC(OC2CCC(N(CCOC(C)C)C(C)C)CC2)C1. The molecule has 2 aliphatic rings. The van der Waals surface area contributed by atoms with Gasteiger partial charge in [0, 0.05) is 25.7 Å². The van der Waals surface area contributed by atoms with Gasteiger partial charge < -0.3 is 14.2 Å². The molecule has 0 saturated heterocycles. The highest BCUT2D eigenvalue weighted by Crippen LogP contribution is 2.32. The molecule has 23 heavy (non-hydrogen) atoms. The minimum atomic E-state index is 0.326. The Bertz CT molecular complexity index is 321. The lowest BCUT2D eigenvalue weighted by Crippen LogP contribution is -2.46. The highest BCUT2D eigenvalue weighted by molar-refractivity contribution is 4.85. The summed E-state index contributed by atoms with van der Waals surface area (Å²) < 4.78 is 17.3. The molecular formula is C19H37NO3. The van der Waals surface area contributed by atoms with E-state index in [4.69, 9.17) is 14.2 Å². The van der Waals surface area contributed by atoms with Gasteiger partial charge in [-0.3, -0.25) is 4.90 Å². The molecule has 0 aromatic rings. The van der Waals surface area contributed by atoms with E-state index < -0.39 is 0 Å². The van der Waals surface area contributed by atoms with Crippen LogP contribution in [0, 0.1) is 0 Å². The van der Waals surface area contributed by atoms with Crippen LogP contribution in [0.3, 0.4) is 0 Å². The number of hydrogen-bond acceptors (Lipinski definition) is 4. The molecule has 0 bridgehead atoms. The van der Waals surface area contributed by atoms with Gasteiger partial charge in [0.15, 0.2) is 0 Å². The second-order valence-corrected chi connectivity index (χ2v) is 7.77. The van der Waals surface area contributed by atoms with Crippen LogP contribution in [-0.2, 0) is 14.2 Å². The first-order valence-corrected chi connectivity index (χ1v) is 9.55. The molecule has 2 rings (SSSR count). The Morgan fingerprint density at radius 2 is 1.57 bits per heavy atom. The van der Waals surface area contributed by atoms with Gasteiger partial charge in [-0.2, -0.15) is 0 Å². The zero-order chi connectivity index (χ0) is 16.8. The Hall–Kier alpha value is -0.160. The van der Waals surface area contributed by atoms with Crippen molar-refractivity contribution in [1.29, 1.82) is 0 Å². The van der Waals surface area contributed by atoms with E-state index in [1.54, 1.807) is 7.11 Å². The van der Waals surface area contributed by atoms with Crippen molar-refractivity contribution in [2.24, 2.45) is 0 Å². The molecule has 2 saturated carbocycles. The van der Waals surface area contributed by atoms with Gasteiger partial charge in [-0.05, 0) is 66.2 Å². The normalized spacial score (nSPS) is 31.8. The van der Waals surface area contributed by atoms with Gasteiger partial charge in [0.05, 0.1) is 31.0 Å². The lowest BCUT2D eigenvalue weighted by molar-refractivity contribution is -0.126. The molecule has 2 fully saturated rings. The number of nitrogens with zero attached hydrogens (tertiary/aromatic N) is 1. The van der Waals surface area contributed by atoms with E-state index in [1.807, 2.05) is 0 Å². The van der Waals surface area contributed by atoms with Crippen molar-refractivity contribution >= 4 is 0 Å². The van der Waals surface area contributed by atoms with Crippen LogP contribution in [0.5, 0.6) is 0 Å². The highest BCUT2D eigenvalue weighted by atomic mass is 16.5. The molecule has 136 valence electrons. The van der Waals surface area contributed by atoms with Crippen molar-refractivity contribution in [3.63, 3.8) is 0 Å². The molecule has 0 aliphatic heterocycles. The van der Waals surface area contributed by atoms with Crippen LogP contribution in [0.2, 0.25) is 0 Å². The molecule has 4 nitrogen and oxygen atoms in total. The molecule has 4 heteroatoms. The molecular weight excluding hydrogens is 290 g/mol. The first-order valence-electron chi connectivity index (χ1n) is 9.55. The first kappa shape index (κ1) is 19.2.